The predicted octanol–water partition coefficient (Wildman–Crippen LogP) is 3.01. The summed E-state index contributed by atoms with van der Waals surface area (Å²) in [4.78, 5) is 11.0. The van der Waals surface area contributed by atoms with Crippen molar-refractivity contribution < 1.29 is 14.3 Å². The molecular formula is C13H16O3. The standard InChI is InChI=1S/C13H16O3/c1-9(2)13(16-10(3)14)11-5-7-12(15-4)8-6-11/h5-8H,1-4H3. The van der Waals surface area contributed by atoms with E-state index in [1.165, 1.54) is 6.92 Å². The molecule has 0 aromatic heterocycles. The van der Waals surface area contributed by atoms with Crippen molar-refractivity contribution >= 4 is 11.7 Å². The molecule has 1 aromatic rings. The van der Waals surface area contributed by atoms with Crippen molar-refractivity contribution in [2.24, 2.45) is 0 Å². The molecule has 0 fully saturated rings. The monoisotopic (exact) mass is 220 g/mol. The van der Waals surface area contributed by atoms with Crippen molar-refractivity contribution in [1.82, 2.24) is 0 Å². The van der Waals surface area contributed by atoms with E-state index in [1.54, 1.807) is 7.11 Å². The summed E-state index contributed by atoms with van der Waals surface area (Å²) in [5.74, 6) is 1.07. The first-order chi connectivity index (χ1) is 7.54. The van der Waals surface area contributed by atoms with Gasteiger partial charge < -0.3 is 9.47 Å². The third kappa shape index (κ3) is 3.12. The Labute approximate surface area is 95.7 Å². The number of methoxy groups -OCH3 is 1. The quantitative estimate of drug-likeness (QED) is 0.580. The Kier molecular flexibility index (Phi) is 4.11. The van der Waals surface area contributed by atoms with Crippen LogP contribution in [-0.4, -0.2) is 13.1 Å². The average Bonchev–Trinajstić information content (AvgIpc) is 2.25. The van der Waals surface area contributed by atoms with Gasteiger partial charge >= 0.3 is 5.97 Å². The smallest absolute Gasteiger partial charge is 0.308 e. The van der Waals surface area contributed by atoms with Crippen LogP contribution in [0.15, 0.2) is 29.8 Å². The van der Waals surface area contributed by atoms with Gasteiger partial charge in [0.1, 0.15) is 11.5 Å². The molecule has 0 saturated heterocycles. The van der Waals surface area contributed by atoms with Crippen LogP contribution < -0.4 is 4.74 Å². The fraction of sp³-hybridized carbons (Fsp3) is 0.308. The fourth-order valence-corrected chi connectivity index (χ4v) is 1.34. The lowest BCUT2D eigenvalue weighted by Crippen LogP contribution is -2.00. The van der Waals surface area contributed by atoms with Gasteiger partial charge in [-0.15, -0.1) is 0 Å². The molecule has 3 nitrogen and oxygen atoms in total. The van der Waals surface area contributed by atoms with E-state index in [0.29, 0.717) is 5.76 Å². The molecule has 0 atom stereocenters. The van der Waals surface area contributed by atoms with Crippen molar-refractivity contribution in [3.63, 3.8) is 0 Å². The first-order valence-electron chi connectivity index (χ1n) is 5.05. The average molecular weight is 220 g/mol. The van der Waals surface area contributed by atoms with Crippen LogP contribution in [0.3, 0.4) is 0 Å². The Morgan fingerprint density at radius 2 is 1.62 bits per heavy atom. The summed E-state index contributed by atoms with van der Waals surface area (Å²) >= 11 is 0. The lowest BCUT2D eigenvalue weighted by atomic mass is 10.1. The van der Waals surface area contributed by atoms with Crippen LogP contribution in [0.4, 0.5) is 0 Å². The van der Waals surface area contributed by atoms with E-state index in [2.05, 4.69) is 0 Å². The second kappa shape index (κ2) is 5.35. The van der Waals surface area contributed by atoms with Crippen LogP contribution >= 0.6 is 0 Å². The zero-order valence-corrected chi connectivity index (χ0v) is 10.0. The molecule has 0 amide bonds. The first-order valence-corrected chi connectivity index (χ1v) is 5.05. The Morgan fingerprint density at radius 1 is 1.06 bits per heavy atom. The van der Waals surface area contributed by atoms with E-state index in [1.807, 2.05) is 38.1 Å². The van der Waals surface area contributed by atoms with Crippen LogP contribution in [-0.2, 0) is 9.53 Å². The highest BCUT2D eigenvalue weighted by Gasteiger charge is 2.07. The van der Waals surface area contributed by atoms with Gasteiger partial charge in [-0.2, -0.15) is 0 Å². The number of benzene rings is 1. The van der Waals surface area contributed by atoms with Crippen molar-refractivity contribution in [2.45, 2.75) is 20.8 Å². The summed E-state index contributed by atoms with van der Waals surface area (Å²) in [6.45, 7) is 5.21. The van der Waals surface area contributed by atoms with E-state index < -0.39 is 0 Å². The van der Waals surface area contributed by atoms with Gasteiger partial charge in [-0.05, 0) is 43.7 Å². The van der Waals surface area contributed by atoms with Gasteiger partial charge in [-0.3, -0.25) is 4.79 Å². The van der Waals surface area contributed by atoms with Gasteiger partial charge in [-0.1, -0.05) is 0 Å². The summed E-state index contributed by atoms with van der Waals surface area (Å²) < 4.78 is 10.2. The van der Waals surface area contributed by atoms with Crippen molar-refractivity contribution in [3.8, 4) is 5.75 Å². The van der Waals surface area contributed by atoms with Crippen LogP contribution in [0, 0.1) is 0 Å². The molecule has 3 heteroatoms. The summed E-state index contributed by atoms with van der Waals surface area (Å²) in [5, 5.41) is 0. The number of hydrogen-bond donors (Lipinski definition) is 0. The third-order valence-corrected chi connectivity index (χ3v) is 2.05. The zero-order valence-electron chi connectivity index (χ0n) is 10.0. The molecular weight excluding hydrogens is 204 g/mol. The van der Waals surface area contributed by atoms with Crippen LogP contribution in [0.2, 0.25) is 0 Å². The highest BCUT2D eigenvalue weighted by molar-refractivity contribution is 5.77. The molecule has 0 N–H and O–H groups in total. The minimum Gasteiger partial charge on any atom is -0.497 e. The van der Waals surface area contributed by atoms with Crippen LogP contribution in [0.5, 0.6) is 5.75 Å². The Morgan fingerprint density at radius 3 is 2.00 bits per heavy atom. The second-order valence-corrected chi connectivity index (χ2v) is 3.65. The van der Waals surface area contributed by atoms with E-state index in [0.717, 1.165) is 16.9 Å². The third-order valence-electron chi connectivity index (χ3n) is 2.05. The molecule has 0 aliphatic heterocycles. The largest absolute Gasteiger partial charge is 0.497 e. The number of carbonyl (C=O) groups is 1. The van der Waals surface area contributed by atoms with E-state index in [-0.39, 0.29) is 5.97 Å². The Bertz CT molecular complexity index is 398. The molecule has 16 heavy (non-hydrogen) atoms. The zero-order chi connectivity index (χ0) is 12.1. The summed E-state index contributed by atoms with van der Waals surface area (Å²) in [6.07, 6.45) is 0. The minimum atomic E-state index is -0.313. The maximum Gasteiger partial charge on any atom is 0.308 e. The van der Waals surface area contributed by atoms with E-state index >= 15 is 0 Å². The number of allylic oxidation sites excluding steroid dienone is 1. The highest BCUT2D eigenvalue weighted by atomic mass is 16.5. The number of ether oxygens (including phenoxy) is 2. The fourth-order valence-electron chi connectivity index (χ4n) is 1.34. The molecule has 0 spiro atoms. The SMILES string of the molecule is COc1ccc(C(OC(C)=O)=C(C)C)cc1. The maximum absolute atomic E-state index is 11.0. The van der Waals surface area contributed by atoms with Crippen molar-refractivity contribution in [2.75, 3.05) is 7.11 Å². The molecule has 0 radical (unpaired) electrons. The lowest BCUT2D eigenvalue weighted by molar-refractivity contribution is -0.134. The van der Waals surface area contributed by atoms with Crippen LogP contribution in [0.25, 0.3) is 5.76 Å². The van der Waals surface area contributed by atoms with Gasteiger partial charge in [0, 0.05) is 12.5 Å². The van der Waals surface area contributed by atoms with Gasteiger partial charge in [0.05, 0.1) is 7.11 Å². The first kappa shape index (κ1) is 12.3. The second-order valence-electron chi connectivity index (χ2n) is 3.65. The molecule has 0 aliphatic rings. The molecule has 86 valence electrons. The molecule has 1 rings (SSSR count). The Hall–Kier alpha value is -1.77. The summed E-state index contributed by atoms with van der Waals surface area (Å²) in [5.41, 5.74) is 1.83. The number of rotatable bonds is 3. The normalized spacial score (nSPS) is 9.50. The molecule has 0 bridgehead atoms. The van der Waals surface area contributed by atoms with Crippen LogP contribution in [0.1, 0.15) is 26.3 Å². The maximum atomic E-state index is 11.0. The van der Waals surface area contributed by atoms with Gasteiger partial charge in [0.15, 0.2) is 0 Å². The van der Waals surface area contributed by atoms with E-state index in [4.69, 9.17) is 9.47 Å². The van der Waals surface area contributed by atoms with Gasteiger partial charge in [-0.25, -0.2) is 0 Å². The number of esters is 1. The molecule has 0 heterocycles. The minimum absolute atomic E-state index is 0.313. The van der Waals surface area contributed by atoms with Gasteiger partial charge in [0.25, 0.3) is 0 Å². The van der Waals surface area contributed by atoms with Crippen molar-refractivity contribution in [3.05, 3.63) is 35.4 Å². The number of hydrogen-bond acceptors (Lipinski definition) is 3. The summed E-state index contributed by atoms with van der Waals surface area (Å²) in [7, 11) is 1.61. The molecule has 1 aromatic carbocycles. The lowest BCUT2D eigenvalue weighted by Gasteiger charge is -2.10. The van der Waals surface area contributed by atoms with E-state index in [9.17, 15) is 4.79 Å². The van der Waals surface area contributed by atoms with Gasteiger partial charge in [0.2, 0.25) is 0 Å². The Balaban J connectivity index is 3.03. The van der Waals surface area contributed by atoms with Crippen molar-refractivity contribution in [1.29, 1.82) is 0 Å². The molecule has 0 saturated carbocycles. The molecule has 0 aliphatic carbocycles. The molecule has 0 unspecified atom stereocenters. The summed E-state index contributed by atoms with van der Waals surface area (Å²) in [6, 6.07) is 7.40. The highest BCUT2D eigenvalue weighted by Crippen LogP contribution is 2.22. The predicted molar refractivity (Wildman–Crippen MR) is 63.0 cm³/mol. The topological polar surface area (TPSA) is 35.5 Å². The number of carbonyl (C=O) groups excluding carboxylic acids is 1.